The van der Waals surface area contributed by atoms with Crippen LogP contribution in [0.2, 0.25) is 5.02 Å². The molecule has 23 heavy (non-hydrogen) atoms. The SMILES string of the molecule is Cl.O=C(N[C@H]1CCCNC1)C1CC(=O)N(c2ccccc2Cl)C1. The zero-order valence-corrected chi connectivity index (χ0v) is 14.3. The molecule has 1 aromatic carbocycles. The molecule has 1 aromatic rings. The summed E-state index contributed by atoms with van der Waals surface area (Å²) in [5, 5.41) is 6.86. The summed E-state index contributed by atoms with van der Waals surface area (Å²) in [6.07, 6.45) is 2.31. The summed E-state index contributed by atoms with van der Waals surface area (Å²) < 4.78 is 0. The number of hydrogen-bond acceptors (Lipinski definition) is 3. The first-order valence-electron chi connectivity index (χ1n) is 7.71. The maximum atomic E-state index is 12.4. The van der Waals surface area contributed by atoms with Crippen LogP contribution in [-0.4, -0.2) is 37.5 Å². The Bertz CT molecular complexity index is 576. The standard InChI is InChI=1S/C16H20ClN3O2.ClH/c17-13-5-1-2-6-14(13)20-10-11(8-15(20)21)16(22)19-12-4-3-7-18-9-12;/h1-2,5-6,11-12,18H,3-4,7-10H2,(H,19,22);1H/t11?,12-;/m0./s1. The van der Waals surface area contributed by atoms with Crippen LogP contribution < -0.4 is 15.5 Å². The van der Waals surface area contributed by atoms with Crippen molar-refractivity contribution in [1.29, 1.82) is 0 Å². The number of anilines is 1. The lowest BCUT2D eigenvalue weighted by Crippen LogP contribution is -2.47. The highest BCUT2D eigenvalue weighted by Gasteiger charge is 2.36. The number of amides is 2. The number of nitrogens with one attached hydrogen (secondary N) is 2. The number of para-hydroxylation sites is 1. The Hall–Kier alpha value is -1.30. The fourth-order valence-electron chi connectivity index (χ4n) is 3.08. The van der Waals surface area contributed by atoms with Gasteiger partial charge in [0, 0.05) is 25.6 Å². The number of hydrogen-bond donors (Lipinski definition) is 2. The van der Waals surface area contributed by atoms with E-state index in [4.69, 9.17) is 11.6 Å². The molecule has 0 aromatic heterocycles. The van der Waals surface area contributed by atoms with Crippen molar-refractivity contribution in [1.82, 2.24) is 10.6 Å². The number of carbonyl (C=O) groups excluding carboxylic acids is 2. The summed E-state index contributed by atoms with van der Waals surface area (Å²) in [5.41, 5.74) is 0.684. The lowest BCUT2D eigenvalue weighted by atomic mass is 10.0. The molecule has 2 amide bonds. The van der Waals surface area contributed by atoms with E-state index in [1.807, 2.05) is 18.2 Å². The molecule has 7 heteroatoms. The number of nitrogens with zero attached hydrogens (tertiary/aromatic N) is 1. The van der Waals surface area contributed by atoms with Gasteiger partial charge < -0.3 is 15.5 Å². The second-order valence-corrected chi connectivity index (χ2v) is 6.32. The Kier molecular flexibility index (Phi) is 6.27. The molecule has 2 heterocycles. The molecule has 1 unspecified atom stereocenters. The van der Waals surface area contributed by atoms with Crippen molar-refractivity contribution in [3.63, 3.8) is 0 Å². The van der Waals surface area contributed by atoms with Gasteiger partial charge in [0.15, 0.2) is 0 Å². The second kappa shape index (κ2) is 7.99. The number of halogens is 2. The molecular formula is C16H21Cl2N3O2. The highest BCUT2D eigenvalue weighted by Crippen LogP contribution is 2.31. The van der Waals surface area contributed by atoms with Crippen LogP contribution in [0.3, 0.4) is 0 Å². The molecule has 5 nitrogen and oxygen atoms in total. The Morgan fingerprint density at radius 2 is 2.13 bits per heavy atom. The van der Waals surface area contributed by atoms with E-state index >= 15 is 0 Å². The zero-order valence-electron chi connectivity index (χ0n) is 12.8. The van der Waals surface area contributed by atoms with Crippen molar-refractivity contribution in [2.75, 3.05) is 24.5 Å². The highest BCUT2D eigenvalue weighted by molar-refractivity contribution is 6.33. The molecule has 2 N–H and O–H groups in total. The number of benzene rings is 1. The summed E-state index contributed by atoms with van der Waals surface area (Å²) in [6.45, 7) is 2.21. The minimum absolute atomic E-state index is 0. The molecule has 0 spiro atoms. The number of piperidine rings is 1. The van der Waals surface area contributed by atoms with Crippen molar-refractivity contribution >= 4 is 41.5 Å². The lowest BCUT2D eigenvalue weighted by Gasteiger charge is -2.25. The number of carbonyl (C=O) groups is 2. The molecule has 2 aliphatic rings. The third-order valence-corrected chi connectivity index (χ3v) is 4.60. The van der Waals surface area contributed by atoms with Crippen molar-refractivity contribution < 1.29 is 9.59 Å². The highest BCUT2D eigenvalue weighted by atomic mass is 35.5. The minimum Gasteiger partial charge on any atom is -0.352 e. The molecular weight excluding hydrogens is 337 g/mol. The predicted octanol–water partition coefficient (Wildman–Crippen LogP) is 1.98. The summed E-state index contributed by atoms with van der Waals surface area (Å²) in [5.74, 6) is -0.377. The van der Waals surface area contributed by atoms with E-state index in [-0.39, 0.29) is 42.6 Å². The van der Waals surface area contributed by atoms with Gasteiger partial charge in [0.2, 0.25) is 11.8 Å². The van der Waals surface area contributed by atoms with Crippen LogP contribution in [-0.2, 0) is 9.59 Å². The molecule has 2 saturated heterocycles. The van der Waals surface area contributed by atoms with E-state index in [2.05, 4.69) is 10.6 Å². The molecule has 0 aliphatic carbocycles. The van der Waals surface area contributed by atoms with E-state index in [9.17, 15) is 9.59 Å². The van der Waals surface area contributed by atoms with E-state index in [0.717, 1.165) is 25.9 Å². The van der Waals surface area contributed by atoms with Gasteiger partial charge in [-0.3, -0.25) is 9.59 Å². The van der Waals surface area contributed by atoms with E-state index in [0.29, 0.717) is 17.3 Å². The average molecular weight is 358 g/mol. The lowest BCUT2D eigenvalue weighted by molar-refractivity contribution is -0.127. The van der Waals surface area contributed by atoms with Gasteiger partial charge >= 0.3 is 0 Å². The van der Waals surface area contributed by atoms with Gasteiger partial charge in [-0.2, -0.15) is 0 Å². The van der Waals surface area contributed by atoms with Crippen LogP contribution in [0.15, 0.2) is 24.3 Å². The average Bonchev–Trinajstić information content (AvgIpc) is 2.91. The van der Waals surface area contributed by atoms with Gasteiger partial charge in [-0.05, 0) is 31.5 Å². The van der Waals surface area contributed by atoms with Gasteiger partial charge in [-0.1, -0.05) is 23.7 Å². The third kappa shape index (κ3) is 4.16. The largest absolute Gasteiger partial charge is 0.352 e. The molecule has 0 radical (unpaired) electrons. The second-order valence-electron chi connectivity index (χ2n) is 5.91. The third-order valence-electron chi connectivity index (χ3n) is 4.28. The molecule has 2 atom stereocenters. The summed E-state index contributed by atoms with van der Waals surface area (Å²) in [4.78, 5) is 26.2. The van der Waals surface area contributed by atoms with Crippen molar-refractivity contribution in [3.05, 3.63) is 29.3 Å². The normalized spacial score (nSPS) is 24.2. The van der Waals surface area contributed by atoms with E-state index in [1.54, 1.807) is 11.0 Å². The minimum atomic E-state index is -0.300. The van der Waals surface area contributed by atoms with Crippen LogP contribution >= 0.6 is 24.0 Å². The monoisotopic (exact) mass is 357 g/mol. The molecule has 3 rings (SSSR count). The number of rotatable bonds is 3. The Balaban J connectivity index is 0.00000192. The first kappa shape index (κ1) is 18.0. The molecule has 126 valence electrons. The van der Waals surface area contributed by atoms with Crippen LogP contribution in [0.25, 0.3) is 0 Å². The van der Waals surface area contributed by atoms with Crippen LogP contribution in [0.5, 0.6) is 0 Å². The van der Waals surface area contributed by atoms with Gasteiger partial charge in [0.25, 0.3) is 0 Å². The first-order chi connectivity index (χ1) is 10.6. The predicted molar refractivity (Wildman–Crippen MR) is 93.2 cm³/mol. The van der Waals surface area contributed by atoms with Gasteiger partial charge in [0.05, 0.1) is 16.6 Å². The first-order valence-corrected chi connectivity index (χ1v) is 8.09. The molecule has 0 saturated carbocycles. The van der Waals surface area contributed by atoms with E-state index in [1.165, 1.54) is 0 Å². The Labute approximate surface area is 147 Å². The molecule has 2 fully saturated rings. The van der Waals surface area contributed by atoms with Gasteiger partial charge in [0.1, 0.15) is 0 Å². The maximum absolute atomic E-state index is 12.4. The summed E-state index contributed by atoms with van der Waals surface area (Å²) in [6, 6.07) is 7.41. The fourth-order valence-corrected chi connectivity index (χ4v) is 3.32. The van der Waals surface area contributed by atoms with E-state index < -0.39 is 0 Å². The zero-order chi connectivity index (χ0) is 15.5. The summed E-state index contributed by atoms with van der Waals surface area (Å²) in [7, 11) is 0. The van der Waals surface area contributed by atoms with Crippen LogP contribution in [0.4, 0.5) is 5.69 Å². The van der Waals surface area contributed by atoms with Crippen LogP contribution in [0, 0.1) is 5.92 Å². The smallest absolute Gasteiger partial charge is 0.227 e. The molecule has 0 bridgehead atoms. The van der Waals surface area contributed by atoms with Crippen molar-refractivity contribution in [2.24, 2.45) is 5.92 Å². The topological polar surface area (TPSA) is 61.4 Å². The van der Waals surface area contributed by atoms with Gasteiger partial charge in [-0.15, -0.1) is 12.4 Å². The molecule has 2 aliphatic heterocycles. The quantitative estimate of drug-likeness (QED) is 0.869. The Morgan fingerprint density at radius 1 is 1.35 bits per heavy atom. The van der Waals surface area contributed by atoms with Crippen LogP contribution in [0.1, 0.15) is 19.3 Å². The van der Waals surface area contributed by atoms with Gasteiger partial charge in [-0.25, -0.2) is 0 Å². The fraction of sp³-hybridized carbons (Fsp3) is 0.500. The Morgan fingerprint density at radius 3 is 2.83 bits per heavy atom. The maximum Gasteiger partial charge on any atom is 0.227 e. The van der Waals surface area contributed by atoms with Crippen molar-refractivity contribution in [2.45, 2.75) is 25.3 Å². The summed E-state index contributed by atoms with van der Waals surface area (Å²) >= 11 is 6.15. The van der Waals surface area contributed by atoms with Crippen molar-refractivity contribution in [3.8, 4) is 0 Å².